The van der Waals surface area contributed by atoms with Crippen LogP contribution >= 0.6 is 7.82 Å². The molecule has 0 rings (SSSR count). The van der Waals surface area contributed by atoms with Crippen molar-refractivity contribution >= 4 is 13.7 Å². The Morgan fingerprint density at radius 3 is 1.26 bits per heavy atom. The summed E-state index contributed by atoms with van der Waals surface area (Å²) in [5, 5.41) is 14.0. The van der Waals surface area contributed by atoms with Crippen LogP contribution in [0.25, 0.3) is 0 Å². The van der Waals surface area contributed by atoms with E-state index in [2.05, 4.69) is 19.2 Å². The van der Waals surface area contributed by atoms with Gasteiger partial charge >= 0.3 is 7.82 Å². The second kappa shape index (κ2) is 37.1. The number of unbranched alkanes of at least 4 members (excludes halogenated alkanes) is 29. The zero-order valence-electron chi connectivity index (χ0n) is 36.0. The molecule has 1 unspecified atom stereocenters. The molecule has 0 aliphatic rings. The summed E-state index contributed by atoms with van der Waals surface area (Å²) < 4.78 is 23.6. The number of nitrogens with zero attached hydrogens (tertiary/aromatic N) is 1. The molecular formula is C44H92N2O6P+. The molecule has 0 aromatic rings. The summed E-state index contributed by atoms with van der Waals surface area (Å²) in [7, 11) is 1.63. The number of phosphoric acid groups is 1. The number of rotatable bonds is 42. The third kappa shape index (κ3) is 39.5. The van der Waals surface area contributed by atoms with E-state index in [-0.39, 0.29) is 19.1 Å². The number of quaternary nitrogens is 1. The maximum Gasteiger partial charge on any atom is 0.472 e. The average Bonchev–Trinajstić information content (AvgIpc) is 3.10. The van der Waals surface area contributed by atoms with Crippen LogP contribution in [0.2, 0.25) is 0 Å². The molecule has 0 bridgehead atoms. The Kier molecular flexibility index (Phi) is 36.7. The number of aliphatic hydroxyl groups excluding tert-OH is 1. The minimum atomic E-state index is -4.30. The number of aliphatic hydroxyl groups is 1. The van der Waals surface area contributed by atoms with E-state index in [9.17, 15) is 19.4 Å². The van der Waals surface area contributed by atoms with Crippen molar-refractivity contribution in [2.45, 2.75) is 238 Å². The Morgan fingerprint density at radius 1 is 0.566 bits per heavy atom. The van der Waals surface area contributed by atoms with Crippen molar-refractivity contribution in [3.8, 4) is 0 Å². The van der Waals surface area contributed by atoms with Gasteiger partial charge in [-0.2, -0.15) is 0 Å². The second-order valence-electron chi connectivity index (χ2n) is 17.1. The Labute approximate surface area is 329 Å². The molecule has 8 nitrogen and oxygen atoms in total. The van der Waals surface area contributed by atoms with Crippen molar-refractivity contribution in [1.82, 2.24) is 5.32 Å². The van der Waals surface area contributed by atoms with Crippen molar-refractivity contribution in [2.75, 3.05) is 40.9 Å². The molecule has 0 heterocycles. The molecule has 3 N–H and O–H groups in total. The van der Waals surface area contributed by atoms with Gasteiger partial charge < -0.3 is 19.8 Å². The van der Waals surface area contributed by atoms with Crippen LogP contribution in [-0.4, -0.2) is 73.4 Å². The predicted octanol–water partition coefficient (Wildman–Crippen LogP) is 12.6. The number of nitrogens with one attached hydrogen (secondary N) is 1. The summed E-state index contributed by atoms with van der Waals surface area (Å²) in [6, 6.07) is -0.752. The lowest BCUT2D eigenvalue weighted by Gasteiger charge is -2.26. The van der Waals surface area contributed by atoms with Crippen molar-refractivity contribution in [2.24, 2.45) is 0 Å². The number of carbonyl (C=O) groups is 1. The molecule has 0 aromatic carbocycles. The van der Waals surface area contributed by atoms with Crippen molar-refractivity contribution in [3.05, 3.63) is 0 Å². The molecule has 0 fully saturated rings. The number of amides is 1. The summed E-state index contributed by atoms with van der Waals surface area (Å²) in [5.74, 6) is -0.141. The molecule has 0 aliphatic carbocycles. The van der Waals surface area contributed by atoms with Crippen LogP contribution in [0.4, 0.5) is 0 Å². The van der Waals surface area contributed by atoms with Gasteiger partial charge in [-0.1, -0.05) is 206 Å². The van der Waals surface area contributed by atoms with Crippen LogP contribution in [0.1, 0.15) is 226 Å². The first-order valence-electron chi connectivity index (χ1n) is 22.9. The largest absolute Gasteiger partial charge is 0.472 e. The summed E-state index contributed by atoms with van der Waals surface area (Å²) in [5.41, 5.74) is 0. The van der Waals surface area contributed by atoms with E-state index in [1.54, 1.807) is 0 Å². The normalized spacial score (nSPS) is 14.3. The summed E-state index contributed by atoms with van der Waals surface area (Å²) in [6.07, 6.45) is 39.8. The van der Waals surface area contributed by atoms with E-state index < -0.39 is 20.0 Å². The molecule has 9 heteroatoms. The van der Waals surface area contributed by atoms with Crippen molar-refractivity contribution < 1.29 is 32.9 Å². The first-order chi connectivity index (χ1) is 25.5. The highest BCUT2D eigenvalue weighted by molar-refractivity contribution is 7.47. The molecule has 0 saturated heterocycles. The van der Waals surface area contributed by atoms with Gasteiger partial charge in [0.15, 0.2) is 0 Å². The van der Waals surface area contributed by atoms with E-state index >= 15 is 0 Å². The Morgan fingerprint density at radius 2 is 0.906 bits per heavy atom. The maximum atomic E-state index is 12.9. The number of phosphoric ester groups is 1. The fraction of sp³-hybridized carbons (Fsp3) is 0.977. The Bertz CT molecular complexity index is 839. The monoisotopic (exact) mass is 776 g/mol. The molecular weight excluding hydrogens is 683 g/mol. The first kappa shape index (κ1) is 52.5. The third-order valence-electron chi connectivity index (χ3n) is 10.6. The van der Waals surface area contributed by atoms with Crippen LogP contribution in [0.5, 0.6) is 0 Å². The number of hydrogen-bond acceptors (Lipinski definition) is 5. The lowest BCUT2D eigenvalue weighted by molar-refractivity contribution is -0.870. The smallest absolute Gasteiger partial charge is 0.391 e. The molecule has 53 heavy (non-hydrogen) atoms. The van der Waals surface area contributed by atoms with Crippen molar-refractivity contribution in [3.63, 3.8) is 0 Å². The summed E-state index contributed by atoms with van der Waals surface area (Å²) in [4.78, 5) is 23.1. The molecule has 3 atom stereocenters. The van der Waals surface area contributed by atoms with Crippen LogP contribution in [0.15, 0.2) is 0 Å². The molecule has 318 valence electrons. The van der Waals surface area contributed by atoms with E-state index in [1.165, 1.54) is 161 Å². The molecule has 1 amide bonds. The molecule has 0 aliphatic heterocycles. The Hall–Kier alpha value is -0.500. The number of hydrogen-bond donors (Lipinski definition) is 3. The fourth-order valence-electron chi connectivity index (χ4n) is 6.93. The van der Waals surface area contributed by atoms with Crippen molar-refractivity contribution in [1.29, 1.82) is 0 Å². The zero-order chi connectivity index (χ0) is 39.3. The van der Waals surface area contributed by atoms with E-state index in [0.717, 1.165) is 38.5 Å². The lowest BCUT2D eigenvalue weighted by atomic mass is 10.0. The van der Waals surface area contributed by atoms with E-state index in [0.29, 0.717) is 23.9 Å². The summed E-state index contributed by atoms with van der Waals surface area (Å²) in [6.45, 7) is 4.91. The van der Waals surface area contributed by atoms with E-state index in [4.69, 9.17) is 9.05 Å². The average molecular weight is 776 g/mol. The molecule has 0 radical (unpaired) electrons. The van der Waals surface area contributed by atoms with Gasteiger partial charge in [-0.25, -0.2) is 4.57 Å². The maximum absolute atomic E-state index is 12.9. The van der Waals surface area contributed by atoms with Gasteiger partial charge in [0.25, 0.3) is 0 Å². The SMILES string of the molecule is CCCCCCCCCCCCCCCCCCCCC(=O)N[C@@H](COP(=O)(O)OCC[N+](C)(C)C)[C@H](O)CCCCCCCCCCCCCCC. The van der Waals surface area contributed by atoms with Gasteiger partial charge in [-0.15, -0.1) is 0 Å². The van der Waals surface area contributed by atoms with E-state index in [1.807, 2.05) is 21.1 Å². The zero-order valence-corrected chi connectivity index (χ0v) is 36.9. The molecule has 0 saturated carbocycles. The quantitative estimate of drug-likeness (QED) is 0.0324. The molecule has 0 aromatic heterocycles. The van der Waals surface area contributed by atoms with Gasteiger partial charge in [0, 0.05) is 6.42 Å². The third-order valence-corrected chi connectivity index (χ3v) is 11.6. The van der Waals surface area contributed by atoms with Gasteiger partial charge in [0.05, 0.1) is 39.9 Å². The first-order valence-corrected chi connectivity index (χ1v) is 24.4. The van der Waals surface area contributed by atoms with Crippen LogP contribution in [-0.2, 0) is 18.4 Å². The predicted molar refractivity (Wildman–Crippen MR) is 226 cm³/mol. The highest BCUT2D eigenvalue weighted by Crippen LogP contribution is 2.43. The molecule has 0 spiro atoms. The Balaban J connectivity index is 4.28. The standard InChI is InChI=1S/C44H91N2O6P/c1-6-8-10-12-14-16-18-20-21-22-23-24-26-28-30-32-34-36-38-44(48)45-42(41-52-53(49,50)51-40-39-46(3,4)5)43(47)37-35-33-31-29-27-25-19-17-15-13-11-9-7-2/h42-43,47H,6-41H2,1-5H3,(H-,45,48,49,50)/p+1/t42-,43+/m0/s1. The fourth-order valence-corrected chi connectivity index (χ4v) is 7.67. The lowest BCUT2D eigenvalue weighted by Crippen LogP contribution is -2.46. The van der Waals surface area contributed by atoms with Crippen LogP contribution in [0, 0.1) is 0 Å². The number of likely N-dealkylation sites (N-methyl/N-ethyl adjacent to an activating group) is 1. The summed E-state index contributed by atoms with van der Waals surface area (Å²) >= 11 is 0. The minimum absolute atomic E-state index is 0.0785. The van der Waals surface area contributed by atoms with Gasteiger partial charge in [0.2, 0.25) is 5.91 Å². The highest BCUT2D eigenvalue weighted by Gasteiger charge is 2.28. The highest BCUT2D eigenvalue weighted by atomic mass is 31.2. The minimum Gasteiger partial charge on any atom is -0.391 e. The van der Waals surface area contributed by atoms with Crippen LogP contribution in [0.3, 0.4) is 0 Å². The second-order valence-corrected chi connectivity index (χ2v) is 18.6. The topological polar surface area (TPSA) is 105 Å². The van der Waals surface area contributed by atoms with Gasteiger partial charge in [-0.3, -0.25) is 13.8 Å². The van der Waals surface area contributed by atoms with Crippen LogP contribution < -0.4 is 5.32 Å². The van der Waals surface area contributed by atoms with Gasteiger partial charge in [0.1, 0.15) is 13.2 Å². The number of carbonyl (C=O) groups excluding carboxylic acids is 1. The van der Waals surface area contributed by atoms with Gasteiger partial charge in [-0.05, 0) is 12.8 Å².